The number of unbranched alkanes of at least 4 members (excludes halogenated alkanes) is 1. The van der Waals surface area contributed by atoms with Gasteiger partial charge in [0.15, 0.2) is 11.0 Å². The molecule has 0 aliphatic carbocycles. The molecule has 2 amide bonds. The van der Waals surface area contributed by atoms with Gasteiger partial charge < -0.3 is 10.6 Å². The predicted octanol–water partition coefficient (Wildman–Crippen LogP) is 7.25. The molecule has 0 aliphatic heterocycles. The molecule has 0 bridgehead atoms. The van der Waals surface area contributed by atoms with E-state index < -0.39 is 6.04 Å². The van der Waals surface area contributed by atoms with Crippen LogP contribution in [0.15, 0.2) is 84.0 Å². The van der Waals surface area contributed by atoms with E-state index in [1.165, 1.54) is 5.56 Å². The van der Waals surface area contributed by atoms with Crippen LogP contribution in [0.5, 0.6) is 0 Å². The van der Waals surface area contributed by atoms with Crippen molar-refractivity contribution in [3.63, 3.8) is 0 Å². The van der Waals surface area contributed by atoms with Gasteiger partial charge in [-0.05, 0) is 35.7 Å². The van der Waals surface area contributed by atoms with Crippen LogP contribution in [0.3, 0.4) is 0 Å². The highest BCUT2D eigenvalue weighted by atomic mass is 35.5. The van der Waals surface area contributed by atoms with Gasteiger partial charge >= 0.3 is 6.03 Å². The minimum atomic E-state index is -0.450. The van der Waals surface area contributed by atoms with Crippen LogP contribution in [0.1, 0.15) is 42.8 Å². The molecule has 6 nitrogen and oxygen atoms in total. The molecule has 4 aromatic rings. The summed E-state index contributed by atoms with van der Waals surface area (Å²) in [7, 11) is 0. The number of carbonyl (C=O) groups is 1. The molecule has 192 valence electrons. The van der Waals surface area contributed by atoms with Crippen molar-refractivity contribution < 1.29 is 4.79 Å². The van der Waals surface area contributed by atoms with Crippen LogP contribution >= 0.6 is 35.0 Å². The van der Waals surface area contributed by atoms with Crippen molar-refractivity contribution in [1.82, 2.24) is 25.4 Å². The second kappa shape index (κ2) is 13.5. The molecule has 1 aromatic heterocycles. The number of urea groups is 1. The molecule has 2 N–H and O–H groups in total. The van der Waals surface area contributed by atoms with E-state index in [4.69, 9.17) is 23.2 Å². The van der Waals surface area contributed by atoms with Gasteiger partial charge in [-0.1, -0.05) is 109 Å². The van der Waals surface area contributed by atoms with E-state index in [0.717, 1.165) is 18.4 Å². The largest absolute Gasteiger partial charge is 0.338 e. The Balaban J connectivity index is 1.72. The zero-order valence-corrected chi connectivity index (χ0v) is 22.9. The number of amides is 2. The number of benzene rings is 3. The Hall–Kier alpha value is -3.00. The molecule has 0 saturated carbocycles. The lowest BCUT2D eigenvalue weighted by Crippen LogP contribution is -2.40. The van der Waals surface area contributed by atoms with Gasteiger partial charge in [0.2, 0.25) is 0 Å². The fourth-order valence-corrected chi connectivity index (χ4v) is 5.26. The molecule has 0 saturated heterocycles. The molecule has 0 fully saturated rings. The summed E-state index contributed by atoms with van der Waals surface area (Å²) in [6.45, 7) is 2.69. The third-order valence-electron chi connectivity index (χ3n) is 5.74. The van der Waals surface area contributed by atoms with Crippen LogP contribution in [0.2, 0.25) is 10.0 Å². The molecular formula is C28H29Cl2N5OS. The SMILES string of the molecule is CCCCNC(=O)NC(Cc1ccccc1)c1nnc(SCc2ccccc2)n1-c1ccc(Cl)cc1Cl. The van der Waals surface area contributed by atoms with Gasteiger partial charge in [0.25, 0.3) is 0 Å². The predicted molar refractivity (Wildman–Crippen MR) is 152 cm³/mol. The van der Waals surface area contributed by atoms with E-state index in [1.54, 1.807) is 23.9 Å². The monoisotopic (exact) mass is 553 g/mol. The average molecular weight is 555 g/mol. The van der Waals surface area contributed by atoms with Gasteiger partial charge in [-0.25, -0.2) is 4.79 Å². The molecule has 1 unspecified atom stereocenters. The molecule has 9 heteroatoms. The molecule has 1 atom stereocenters. The van der Waals surface area contributed by atoms with Crippen LogP contribution in [0.4, 0.5) is 4.79 Å². The number of nitrogens with one attached hydrogen (secondary N) is 2. The number of thioether (sulfide) groups is 1. The number of hydrogen-bond acceptors (Lipinski definition) is 4. The van der Waals surface area contributed by atoms with E-state index in [-0.39, 0.29) is 6.03 Å². The highest BCUT2D eigenvalue weighted by molar-refractivity contribution is 7.98. The lowest BCUT2D eigenvalue weighted by atomic mass is 10.1. The van der Waals surface area contributed by atoms with Crippen molar-refractivity contribution in [3.05, 3.63) is 106 Å². The maximum absolute atomic E-state index is 12.8. The Morgan fingerprint density at radius 1 is 0.973 bits per heavy atom. The lowest BCUT2D eigenvalue weighted by Gasteiger charge is -2.21. The highest BCUT2D eigenvalue weighted by Crippen LogP contribution is 2.33. The molecule has 0 radical (unpaired) electrons. The van der Waals surface area contributed by atoms with E-state index in [1.807, 2.05) is 59.2 Å². The molecular weight excluding hydrogens is 525 g/mol. The second-order valence-corrected chi connectivity index (χ2v) is 10.3. The van der Waals surface area contributed by atoms with Gasteiger partial charge in [-0.3, -0.25) is 4.57 Å². The third kappa shape index (κ3) is 7.51. The summed E-state index contributed by atoms with van der Waals surface area (Å²) in [6, 6.07) is 24.8. The van der Waals surface area contributed by atoms with Crippen LogP contribution in [0, 0.1) is 0 Å². The maximum Gasteiger partial charge on any atom is 0.315 e. The summed E-state index contributed by atoms with van der Waals surface area (Å²) in [5.41, 5.74) is 2.93. The maximum atomic E-state index is 12.8. The Morgan fingerprint density at radius 3 is 2.35 bits per heavy atom. The quantitative estimate of drug-likeness (QED) is 0.151. The minimum absolute atomic E-state index is 0.246. The smallest absolute Gasteiger partial charge is 0.315 e. The fraction of sp³-hybridized carbons (Fsp3) is 0.250. The number of aromatic nitrogens is 3. The highest BCUT2D eigenvalue weighted by Gasteiger charge is 2.26. The molecule has 37 heavy (non-hydrogen) atoms. The molecule has 0 spiro atoms. The van der Waals surface area contributed by atoms with Crippen LogP contribution in [-0.4, -0.2) is 27.3 Å². The van der Waals surface area contributed by atoms with E-state index in [0.29, 0.717) is 45.4 Å². The van der Waals surface area contributed by atoms with Gasteiger partial charge in [0.1, 0.15) is 0 Å². The zero-order chi connectivity index (χ0) is 26.0. The molecule has 3 aromatic carbocycles. The minimum Gasteiger partial charge on any atom is -0.338 e. The summed E-state index contributed by atoms with van der Waals surface area (Å²) < 4.78 is 1.92. The van der Waals surface area contributed by atoms with Gasteiger partial charge in [-0.2, -0.15) is 0 Å². The van der Waals surface area contributed by atoms with Gasteiger partial charge in [0.05, 0.1) is 16.8 Å². The first-order valence-corrected chi connectivity index (χ1v) is 13.9. The normalized spacial score (nSPS) is 11.8. The Kier molecular flexibility index (Phi) is 9.88. The first-order valence-electron chi connectivity index (χ1n) is 12.2. The van der Waals surface area contributed by atoms with Crippen LogP contribution in [0.25, 0.3) is 5.69 Å². The topological polar surface area (TPSA) is 71.8 Å². The standard InChI is InChI=1S/C28H29Cl2N5OS/c1-2-3-16-31-27(36)32-24(17-20-10-6-4-7-11-20)26-33-34-28(37-19-21-12-8-5-9-13-21)35(26)25-15-14-22(29)18-23(25)30/h4-15,18,24H,2-3,16-17,19H2,1H3,(H2,31,32,36). The van der Waals surface area contributed by atoms with Gasteiger partial charge in [-0.15, -0.1) is 10.2 Å². The first kappa shape index (κ1) is 27.0. The van der Waals surface area contributed by atoms with Crippen molar-refractivity contribution in [2.75, 3.05) is 6.54 Å². The molecule has 4 rings (SSSR count). The fourth-order valence-electron chi connectivity index (χ4n) is 3.86. The second-order valence-electron chi connectivity index (χ2n) is 8.54. The van der Waals surface area contributed by atoms with Crippen molar-refractivity contribution >= 4 is 41.0 Å². The van der Waals surface area contributed by atoms with Crippen molar-refractivity contribution in [3.8, 4) is 5.69 Å². The average Bonchev–Trinajstić information content (AvgIpc) is 3.32. The van der Waals surface area contributed by atoms with Gasteiger partial charge in [0, 0.05) is 23.7 Å². The summed E-state index contributed by atoms with van der Waals surface area (Å²) in [4.78, 5) is 12.8. The Morgan fingerprint density at radius 2 is 1.68 bits per heavy atom. The number of carbonyl (C=O) groups excluding carboxylic acids is 1. The molecule has 0 aliphatic rings. The summed E-state index contributed by atoms with van der Waals surface area (Å²) in [5.74, 6) is 1.30. The summed E-state index contributed by atoms with van der Waals surface area (Å²) in [6.07, 6.45) is 2.45. The summed E-state index contributed by atoms with van der Waals surface area (Å²) >= 11 is 14.4. The Labute approximate surface area is 231 Å². The van der Waals surface area contributed by atoms with E-state index in [9.17, 15) is 4.79 Å². The Bertz CT molecular complexity index is 1300. The van der Waals surface area contributed by atoms with Crippen LogP contribution < -0.4 is 10.6 Å². The molecule has 1 heterocycles. The van der Waals surface area contributed by atoms with Crippen molar-refractivity contribution in [1.29, 1.82) is 0 Å². The number of halogens is 2. The van der Waals surface area contributed by atoms with Crippen LogP contribution in [-0.2, 0) is 12.2 Å². The third-order valence-corrected chi connectivity index (χ3v) is 7.27. The van der Waals surface area contributed by atoms with Crippen molar-refractivity contribution in [2.24, 2.45) is 0 Å². The zero-order valence-electron chi connectivity index (χ0n) is 20.5. The van der Waals surface area contributed by atoms with Crippen molar-refractivity contribution in [2.45, 2.75) is 43.1 Å². The number of nitrogens with zero attached hydrogens (tertiary/aromatic N) is 3. The summed E-state index contributed by atoms with van der Waals surface area (Å²) in [5, 5.41) is 16.8. The van der Waals surface area contributed by atoms with E-state index >= 15 is 0 Å². The lowest BCUT2D eigenvalue weighted by molar-refractivity contribution is 0.236. The first-order chi connectivity index (χ1) is 18.0. The number of rotatable bonds is 11. The van der Waals surface area contributed by atoms with E-state index in [2.05, 4.69) is 39.9 Å². The number of hydrogen-bond donors (Lipinski definition) is 2.